The summed E-state index contributed by atoms with van der Waals surface area (Å²) in [4.78, 5) is 23.3. The molecule has 0 amide bonds. The molecule has 0 unspecified atom stereocenters. The van der Waals surface area contributed by atoms with Crippen molar-refractivity contribution in [1.82, 2.24) is 0 Å². The smallest absolute Gasteiger partial charge is 0.347 e. The largest absolute Gasteiger partial charge is 0.422 e. The molecule has 3 rings (SSSR count). The molecule has 104 valence electrons. The molecule has 3 heteroatoms. The van der Waals surface area contributed by atoms with E-state index in [0.29, 0.717) is 5.58 Å². The summed E-state index contributed by atoms with van der Waals surface area (Å²) in [6.45, 7) is 3.31. The molecule has 0 spiro atoms. The van der Waals surface area contributed by atoms with Crippen molar-refractivity contribution >= 4 is 16.8 Å². The quantitative estimate of drug-likeness (QED) is 0.526. The highest BCUT2D eigenvalue weighted by atomic mass is 16.4. The monoisotopic (exact) mass is 278 g/mol. The van der Waals surface area contributed by atoms with E-state index in [2.05, 4.69) is 0 Å². The van der Waals surface area contributed by atoms with E-state index >= 15 is 0 Å². The second-order valence-electron chi connectivity index (χ2n) is 5.07. The second kappa shape index (κ2) is 5.02. The Morgan fingerprint density at radius 1 is 1.00 bits per heavy atom. The van der Waals surface area contributed by atoms with E-state index in [0.717, 1.165) is 22.1 Å². The van der Waals surface area contributed by atoms with Gasteiger partial charge in [-0.2, -0.15) is 0 Å². The molecule has 0 saturated heterocycles. The Bertz CT molecular complexity index is 889. The Morgan fingerprint density at radius 2 is 1.71 bits per heavy atom. The van der Waals surface area contributed by atoms with Gasteiger partial charge in [0.1, 0.15) is 11.1 Å². The van der Waals surface area contributed by atoms with Gasteiger partial charge in [-0.15, -0.1) is 0 Å². The normalized spacial score (nSPS) is 10.8. The number of aryl methyl sites for hydroxylation is 1. The first-order valence-electron chi connectivity index (χ1n) is 6.71. The minimum absolute atomic E-state index is 0.0954. The lowest BCUT2D eigenvalue weighted by molar-refractivity contribution is 0.101. The zero-order valence-corrected chi connectivity index (χ0v) is 11.8. The van der Waals surface area contributed by atoms with E-state index in [1.165, 1.54) is 6.92 Å². The van der Waals surface area contributed by atoms with Crippen LogP contribution in [0.5, 0.6) is 0 Å². The van der Waals surface area contributed by atoms with Crippen LogP contribution < -0.4 is 5.63 Å². The van der Waals surface area contributed by atoms with Crippen LogP contribution in [0, 0.1) is 6.92 Å². The van der Waals surface area contributed by atoms with Crippen molar-refractivity contribution in [2.45, 2.75) is 13.8 Å². The van der Waals surface area contributed by atoms with E-state index in [1.807, 2.05) is 49.4 Å². The van der Waals surface area contributed by atoms with Gasteiger partial charge in [-0.05, 0) is 42.7 Å². The number of benzene rings is 2. The topological polar surface area (TPSA) is 47.3 Å². The number of carbonyl (C=O) groups is 1. The summed E-state index contributed by atoms with van der Waals surface area (Å²) in [5.74, 6) is -0.280. The molecular weight excluding hydrogens is 264 g/mol. The fraction of sp³-hybridized carbons (Fsp3) is 0.111. The maximum atomic E-state index is 11.8. The molecule has 0 radical (unpaired) electrons. The van der Waals surface area contributed by atoms with Crippen LogP contribution in [0.15, 0.2) is 57.7 Å². The molecule has 1 aromatic heterocycles. The SMILES string of the molecule is CC(=O)c1cc2c(C)cc(-c3ccccc3)cc2oc1=O. The van der Waals surface area contributed by atoms with Crippen molar-refractivity contribution in [1.29, 1.82) is 0 Å². The third-order valence-electron chi connectivity index (χ3n) is 3.55. The summed E-state index contributed by atoms with van der Waals surface area (Å²) in [6, 6.07) is 15.4. The summed E-state index contributed by atoms with van der Waals surface area (Å²) < 4.78 is 5.32. The number of carbonyl (C=O) groups excluding carboxylic acids is 1. The zero-order valence-electron chi connectivity index (χ0n) is 11.8. The van der Waals surface area contributed by atoms with Crippen molar-refractivity contribution in [2.24, 2.45) is 0 Å². The molecule has 3 aromatic rings. The molecule has 21 heavy (non-hydrogen) atoms. The molecular formula is C18H14O3. The van der Waals surface area contributed by atoms with Crippen molar-refractivity contribution < 1.29 is 9.21 Å². The van der Waals surface area contributed by atoms with E-state index in [1.54, 1.807) is 6.07 Å². The van der Waals surface area contributed by atoms with Gasteiger partial charge >= 0.3 is 5.63 Å². The molecule has 0 N–H and O–H groups in total. The first-order valence-corrected chi connectivity index (χ1v) is 6.71. The lowest BCUT2D eigenvalue weighted by Gasteiger charge is -2.07. The van der Waals surface area contributed by atoms with Crippen molar-refractivity contribution in [3.05, 3.63) is 70.1 Å². The molecule has 2 aromatic carbocycles. The minimum atomic E-state index is -0.584. The van der Waals surface area contributed by atoms with Crippen LogP contribution in [-0.2, 0) is 0 Å². The Hall–Kier alpha value is -2.68. The second-order valence-corrected chi connectivity index (χ2v) is 5.07. The van der Waals surface area contributed by atoms with Crippen LogP contribution in [-0.4, -0.2) is 5.78 Å². The molecule has 0 atom stereocenters. The van der Waals surface area contributed by atoms with Crippen LogP contribution in [0.4, 0.5) is 0 Å². The van der Waals surface area contributed by atoms with E-state index < -0.39 is 5.63 Å². The number of fused-ring (bicyclic) bond motifs is 1. The maximum Gasteiger partial charge on any atom is 0.347 e. The van der Waals surface area contributed by atoms with E-state index in [4.69, 9.17) is 4.42 Å². The number of hydrogen-bond donors (Lipinski definition) is 0. The first-order chi connectivity index (χ1) is 10.1. The average molecular weight is 278 g/mol. The highest BCUT2D eigenvalue weighted by molar-refractivity contribution is 5.97. The van der Waals surface area contributed by atoms with Gasteiger partial charge in [-0.25, -0.2) is 4.79 Å². The molecule has 0 saturated carbocycles. The summed E-state index contributed by atoms with van der Waals surface area (Å²) in [5, 5.41) is 0.791. The van der Waals surface area contributed by atoms with Crippen molar-refractivity contribution in [2.75, 3.05) is 0 Å². The van der Waals surface area contributed by atoms with E-state index in [9.17, 15) is 9.59 Å². The Morgan fingerprint density at radius 3 is 2.38 bits per heavy atom. The van der Waals surface area contributed by atoms with Gasteiger partial charge in [0.15, 0.2) is 5.78 Å². The van der Waals surface area contributed by atoms with Crippen LogP contribution in [0.1, 0.15) is 22.8 Å². The van der Waals surface area contributed by atoms with Crippen molar-refractivity contribution in [3.63, 3.8) is 0 Å². The summed E-state index contributed by atoms with van der Waals surface area (Å²) in [7, 11) is 0. The Balaban J connectivity index is 2.28. The van der Waals surface area contributed by atoms with Gasteiger partial charge in [0.25, 0.3) is 0 Å². The maximum absolute atomic E-state index is 11.8. The molecule has 3 nitrogen and oxygen atoms in total. The summed E-state index contributed by atoms with van der Waals surface area (Å²) in [6.07, 6.45) is 0. The standard InChI is InChI=1S/C18H14O3/c1-11-8-14(13-6-4-3-5-7-13)9-17-15(11)10-16(12(2)19)18(20)21-17/h3-10H,1-2H3. The predicted octanol–water partition coefficient (Wildman–Crippen LogP) is 3.97. The van der Waals surface area contributed by atoms with Gasteiger partial charge in [0.05, 0.1) is 0 Å². The van der Waals surface area contributed by atoms with Gasteiger partial charge in [-0.1, -0.05) is 36.4 Å². The number of Topliss-reactive ketones (excluding diaryl/α,β-unsaturated/α-hetero) is 1. The first kappa shape index (κ1) is 13.3. The fourth-order valence-corrected chi connectivity index (χ4v) is 2.44. The minimum Gasteiger partial charge on any atom is -0.422 e. The molecule has 1 heterocycles. The predicted molar refractivity (Wildman–Crippen MR) is 82.7 cm³/mol. The van der Waals surface area contributed by atoms with Gasteiger partial charge in [0.2, 0.25) is 0 Å². The van der Waals surface area contributed by atoms with Crippen molar-refractivity contribution in [3.8, 4) is 11.1 Å². The number of hydrogen-bond acceptors (Lipinski definition) is 3. The van der Waals surface area contributed by atoms with E-state index in [-0.39, 0.29) is 11.3 Å². The number of rotatable bonds is 2. The van der Waals surface area contributed by atoms with Gasteiger partial charge in [-0.3, -0.25) is 4.79 Å². The third kappa shape index (κ3) is 2.38. The van der Waals surface area contributed by atoms with Crippen LogP contribution in [0.3, 0.4) is 0 Å². The average Bonchev–Trinajstić information content (AvgIpc) is 2.47. The molecule has 0 aliphatic rings. The van der Waals surface area contributed by atoms with Crippen LogP contribution >= 0.6 is 0 Å². The highest BCUT2D eigenvalue weighted by Crippen LogP contribution is 2.27. The third-order valence-corrected chi connectivity index (χ3v) is 3.55. The van der Waals surface area contributed by atoms with Crippen LogP contribution in [0.25, 0.3) is 22.1 Å². The molecule has 0 aliphatic heterocycles. The molecule has 0 bridgehead atoms. The van der Waals surface area contributed by atoms with Crippen LogP contribution in [0.2, 0.25) is 0 Å². The lowest BCUT2D eigenvalue weighted by Crippen LogP contribution is -2.11. The molecule has 0 aliphatic carbocycles. The summed E-state index contributed by atoms with van der Waals surface area (Å²) in [5.41, 5.74) is 3.03. The van der Waals surface area contributed by atoms with Gasteiger partial charge < -0.3 is 4.42 Å². The Labute approximate surface area is 121 Å². The zero-order chi connectivity index (χ0) is 15.0. The highest BCUT2D eigenvalue weighted by Gasteiger charge is 2.12. The number of ketones is 1. The van der Waals surface area contributed by atoms with Gasteiger partial charge in [0, 0.05) is 5.39 Å². The summed E-state index contributed by atoms with van der Waals surface area (Å²) >= 11 is 0. The Kier molecular flexibility index (Phi) is 3.18. The fourth-order valence-electron chi connectivity index (χ4n) is 2.44. The molecule has 0 fully saturated rings. The lowest BCUT2D eigenvalue weighted by atomic mass is 9.99.